The molecule has 0 radical (unpaired) electrons. The molecule has 2 rings (SSSR count). The van der Waals surface area contributed by atoms with Crippen LogP contribution in [-0.2, 0) is 19.1 Å². The molecule has 0 aromatic carbocycles. The molecule has 2 aliphatic rings. The Hall–Kier alpha value is -1.56. The maximum Gasteiger partial charge on any atom is 0.426 e. The molecule has 0 aromatic rings. The van der Waals surface area contributed by atoms with E-state index in [4.69, 9.17) is 9.47 Å². The number of hydrogen-bond donors (Lipinski definition) is 2. The van der Waals surface area contributed by atoms with Gasteiger partial charge in [0, 0.05) is 5.92 Å². The normalized spacial score (nSPS) is 24.1. The van der Waals surface area contributed by atoms with Crippen LogP contribution < -0.4 is 0 Å². The number of ether oxygens (including phenoxy) is 2. The smallest absolute Gasteiger partial charge is 0.426 e. The lowest BCUT2D eigenvalue weighted by Crippen LogP contribution is -2.65. The zero-order valence-corrected chi connectivity index (χ0v) is 24.6. The van der Waals surface area contributed by atoms with Crippen LogP contribution in [0.1, 0.15) is 113 Å². The standard InChI is InChI=1S/C15H22F6O4.C13H24O2/c1-4-12(2,3)11(23)25-8-5-6-10(22)9(7-8)13(24,14(16,17)18)15(19,20)21;1-5-12(3,4)11(14)15-13(6-2)9-7-8-10-13/h8-10,22,24H,4-7H2,1-3H3;5-10H2,1-4H3. The van der Waals surface area contributed by atoms with Crippen LogP contribution >= 0.6 is 0 Å². The lowest BCUT2D eigenvalue weighted by Gasteiger charge is -2.44. The summed E-state index contributed by atoms with van der Waals surface area (Å²) in [6.07, 6.45) is -10.2. The monoisotopic (exact) mass is 592 g/mol. The summed E-state index contributed by atoms with van der Waals surface area (Å²) in [5, 5.41) is 19.2. The molecule has 2 N–H and O–H groups in total. The van der Waals surface area contributed by atoms with Gasteiger partial charge in [0.1, 0.15) is 11.7 Å². The molecule has 2 aliphatic carbocycles. The van der Waals surface area contributed by atoms with Crippen molar-refractivity contribution in [3.63, 3.8) is 0 Å². The Balaban J connectivity index is 0.000000453. The Morgan fingerprint density at radius 1 is 0.825 bits per heavy atom. The fourth-order valence-electron chi connectivity index (χ4n) is 4.73. The molecule has 0 heterocycles. The second kappa shape index (κ2) is 13.2. The van der Waals surface area contributed by atoms with E-state index in [2.05, 4.69) is 6.92 Å². The molecule has 40 heavy (non-hydrogen) atoms. The third-order valence-corrected chi connectivity index (χ3v) is 8.78. The van der Waals surface area contributed by atoms with Crippen molar-refractivity contribution in [1.29, 1.82) is 0 Å². The van der Waals surface area contributed by atoms with Crippen molar-refractivity contribution < 1.29 is 55.6 Å². The average molecular weight is 593 g/mol. The first kappa shape index (κ1) is 36.5. The van der Waals surface area contributed by atoms with E-state index in [0.717, 1.165) is 25.7 Å². The van der Waals surface area contributed by atoms with Crippen molar-refractivity contribution in [2.75, 3.05) is 0 Å². The topological polar surface area (TPSA) is 93.1 Å². The summed E-state index contributed by atoms with van der Waals surface area (Å²) < 4.78 is 88.8. The Morgan fingerprint density at radius 2 is 1.27 bits per heavy atom. The second-order valence-corrected chi connectivity index (χ2v) is 12.4. The summed E-state index contributed by atoms with van der Waals surface area (Å²) in [7, 11) is 0. The second-order valence-electron chi connectivity index (χ2n) is 12.4. The molecule has 12 heteroatoms. The van der Waals surface area contributed by atoms with Gasteiger partial charge in [0.25, 0.3) is 5.60 Å². The van der Waals surface area contributed by atoms with Gasteiger partial charge in [0.15, 0.2) is 0 Å². The third kappa shape index (κ3) is 8.26. The summed E-state index contributed by atoms with van der Waals surface area (Å²) in [5.74, 6) is -3.35. The van der Waals surface area contributed by atoms with Crippen LogP contribution in [0.15, 0.2) is 0 Å². The number of alkyl halides is 6. The molecule has 2 saturated carbocycles. The molecule has 0 spiro atoms. The fraction of sp³-hybridized carbons (Fsp3) is 0.929. The molecule has 0 saturated heterocycles. The maximum absolute atomic E-state index is 13.0. The first-order chi connectivity index (χ1) is 18.0. The van der Waals surface area contributed by atoms with Crippen LogP contribution in [0, 0.1) is 16.7 Å². The van der Waals surface area contributed by atoms with Gasteiger partial charge in [-0.05, 0) is 91.9 Å². The molecular formula is C28H46F6O6. The number of rotatable bonds is 8. The van der Waals surface area contributed by atoms with Gasteiger partial charge in [-0.1, -0.05) is 20.8 Å². The van der Waals surface area contributed by atoms with E-state index in [-0.39, 0.29) is 23.4 Å². The summed E-state index contributed by atoms with van der Waals surface area (Å²) in [6.45, 7) is 12.8. The zero-order chi connectivity index (χ0) is 31.4. The van der Waals surface area contributed by atoms with E-state index in [1.165, 1.54) is 26.7 Å². The summed E-state index contributed by atoms with van der Waals surface area (Å²) in [4.78, 5) is 24.0. The summed E-state index contributed by atoms with van der Waals surface area (Å²) in [6, 6.07) is 0. The Morgan fingerprint density at radius 3 is 1.68 bits per heavy atom. The minimum atomic E-state index is -6.04. The van der Waals surface area contributed by atoms with E-state index in [0.29, 0.717) is 6.42 Å². The predicted octanol–water partition coefficient (Wildman–Crippen LogP) is 7.04. The number of aliphatic hydroxyl groups excluding tert-OH is 1. The van der Waals surface area contributed by atoms with Crippen molar-refractivity contribution in [1.82, 2.24) is 0 Å². The van der Waals surface area contributed by atoms with Gasteiger partial charge < -0.3 is 19.7 Å². The van der Waals surface area contributed by atoms with Crippen molar-refractivity contribution in [3.05, 3.63) is 0 Å². The van der Waals surface area contributed by atoms with Crippen LogP contribution in [-0.4, -0.2) is 57.9 Å². The molecule has 2 fully saturated rings. The average Bonchev–Trinajstić information content (AvgIpc) is 3.32. The van der Waals surface area contributed by atoms with Crippen LogP contribution in [0.3, 0.4) is 0 Å². The van der Waals surface area contributed by atoms with Gasteiger partial charge in [-0.25, -0.2) is 0 Å². The van der Waals surface area contributed by atoms with Crippen LogP contribution in [0.2, 0.25) is 0 Å². The fourth-order valence-corrected chi connectivity index (χ4v) is 4.73. The largest absolute Gasteiger partial charge is 0.462 e. The zero-order valence-electron chi connectivity index (χ0n) is 24.6. The highest BCUT2D eigenvalue weighted by Crippen LogP contribution is 2.52. The number of carbonyl (C=O) groups excluding carboxylic acids is 2. The Kier molecular flexibility index (Phi) is 12.0. The molecule has 0 aromatic heterocycles. The Labute approximate surface area is 233 Å². The minimum Gasteiger partial charge on any atom is -0.462 e. The SMILES string of the molecule is CCC(C)(C)C(=O)OC1CCC(O)C(C(O)(C(F)(F)F)C(F)(F)F)C1.CCC1(OC(=O)C(C)(C)CC)CCCC1. The number of hydrogen-bond acceptors (Lipinski definition) is 6. The van der Waals surface area contributed by atoms with Gasteiger partial charge in [0.05, 0.1) is 16.9 Å². The third-order valence-electron chi connectivity index (χ3n) is 8.78. The molecule has 3 unspecified atom stereocenters. The highest BCUT2D eigenvalue weighted by atomic mass is 19.4. The molecule has 0 amide bonds. The molecule has 6 nitrogen and oxygen atoms in total. The number of esters is 2. The van der Waals surface area contributed by atoms with E-state index >= 15 is 0 Å². The first-order valence-electron chi connectivity index (χ1n) is 14.0. The van der Waals surface area contributed by atoms with E-state index in [9.17, 15) is 46.1 Å². The number of aliphatic hydroxyl groups is 2. The van der Waals surface area contributed by atoms with Crippen molar-refractivity contribution in [2.45, 2.75) is 148 Å². The van der Waals surface area contributed by atoms with Crippen LogP contribution in [0.4, 0.5) is 26.3 Å². The number of halogens is 6. The maximum atomic E-state index is 13.0. The minimum absolute atomic E-state index is 0.0197. The van der Waals surface area contributed by atoms with Gasteiger partial charge in [-0.15, -0.1) is 0 Å². The lowest BCUT2D eigenvalue weighted by molar-refractivity contribution is -0.394. The van der Waals surface area contributed by atoms with E-state index in [1.807, 2.05) is 20.8 Å². The number of carbonyl (C=O) groups is 2. The first-order valence-corrected chi connectivity index (χ1v) is 14.0. The van der Waals surface area contributed by atoms with Crippen LogP contribution in [0.25, 0.3) is 0 Å². The van der Waals surface area contributed by atoms with Crippen LogP contribution in [0.5, 0.6) is 0 Å². The van der Waals surface area contributed by atoms with Gasteiger partial charge in [-0.2, -0.15) is 26.3 Å². The van der Waals surface area contributed by atoms with Crippen molar-refractivity contribution >= 4 is 11.9 Å². The summed E-state index contributed by atoms with van der Waals surface area (Å²) in [5.41, 5.74) is -6.49. The lowest BCUT2D eigenvalue weighted by atomic mass is 9.73. The van der Waals surface area contributed by atoms with Gasteiger partial charge in [-0.3, -0.25) is 9.59 Å². The molecule has 0 bridgehead atoms. The molecular weight excluding hydrogens is 546 g/mol. The van der Waals surface area contributed by atoms with Gasteiger partial charge in [0.2, 0.25) is 0 Å². The van der Waals surface area contributed by atoms with Crippen molar-refractivity contribution in [2.24, 2.45) is 16.7 Å². The molecule has 3 atom stereocenters. The molecule has 236 valence electrons. The highest BCUT2D eigenvalue weighted by Gasteiger charge is 2.75. The molecule has 0 aliphatic heterocycles. The predicted molar refractivity (Wildman–Crippen MR) is 136 cm³/mol. The van der Waals surface area contributed by atoms with Gasteiger partial charge >= 0.3 is 24.3 Å². The Bertz CT molecular complexity index is 831. The van der Waals surface area contributed by atoms with E-state index in [1.54, 1.807) is 6.92 Å². The highest BCUT2D eigenvalue weighted by molar-refractivity contribution is 5.76. The van der Waals surface area contributed by atoms with E-state index < -0.39 is 60.3 Å². The quantitative estimate of drug-likeness (QED) is 0.232. The summed E-state index contributed by atoms with van der Waals surface area (Å²) >= 11 is 0. The van der Waals surface area contributed by atoms with Crippen molar-refractivity contribution in [3.8, 4) is 0 Å².